The quantitative estimate of drug-likeness (QED) is 0.737. The number of rotatable bonds is 3. The van der Waals surface area contributed by atoms with Gasteiger partial charge >= 0.3 is 0 Å². The van der Waals surface area contributed by atoms with Crippen LogP contribution in [0.4, 0.5) is 0 Å². The summed E-state index contributed by atoms with van der Waals surface area (Å²) < 4.78 is 1.28. The van der Waals surface area contributed by atoms with Crippen molar-refractivity contribution in [3.05, 3.63) is 20.8 Å². The van der Waals surface area contributed by atoms with Gasteiger partial charge in [-0.05, 0) is 45.3 Å². The third-order valence-electron chi connectivity index (χ3n) is 1.52. The standard InChI is InChI=1S/C8H10Br2S/c1-6(5-9)4-7-2-3-11-8(7)10/h2-3,6H,4-5H2,1H3. The lowest BCUT2D eigenvalue weighted by Crippen LogP contribution is -1.99. The predicted octanol–water partition coefficient (Wildman–Crippen LogP) is 4.08. The highest BCUT2D eigenvalue weighted by molar-refractivity contribution is 9.11. The van der Waals surface area contributed by atoms with Gasteiger partial charge in [-0.15, -0.1) is 11.3 Å². The maximum absolute atomic E-state index is 3.53. The van der Waals surface area contributed by atoms with Crippen molar-refractivity contribution in [2.75, 3.05) is 5.33 Å². The van der Waals surface area contributed by atoms with Crippen LogP contribution in [0.15, 0.2) is 15.2 Å². The molecule has 0 amide bonds. The van der Waals surface area contributed by atoms with Gasteiger partial charge in [-0.2, -0.15) is 0 Å². The summed E-state index contributed by atoms with van der Waals surface area (Å²) in [6.07, 6.45) is 1.16. The van der Waals surface area contributed by atoms with E-state index in [9.17, 15) is 0 Å². The molecule has 11 heavy (non-hydrogen) atoms. The van der Waals surface area contributed by atoms with Gasteiger partial charge in [0.15, 0.2) is 0 Å². The zero-order valence-electron chi connectivity index (χ0n) is 6.31. The summed E-state index contributed by atoms with van der Waals surface area (Å²) in [4.78, 5) is 0. The Hall–Kier alpha value is 0.660. The van der Waals surface area contributed by atoms with Crippen LogP contribution in [-0.2, 0) is 6.42 Å². The molecule has 0 aliphatic rings. The van der Waals surface area contributed by atoms with E-state index in [1.807, 2.05) is 0 Å². The number of hydrogen-bond donors (Lipinski definition) is 0. The number of halogens is 2. The minimum absolute atomic E-state index is 0.723. The van der Waals surface area contributed by atoms with Crippen LogP contribution in [-0.4, -0.2) is 5.33 Å². The fourth-order valence-corrected chi connectivity index (χ4v) is 2.40. The summed E-state index contributed by atoms with van der Waals surface area (Å²) in [6, 6.07) is 2.19. The third-order valence-corrected chi connectivity index (χ3v) is 4.44. The van der Waals surface area contributed by atoms with Gasteiger partial charge in [-0.1, -0.05) is 22.9 Å². The highest BCUT2D eigenvalue weighted by Gasteiger charge is 2.05. The molecule has 0 nitrogen and oxygen atoms in total. The molecule has 62 valence electrons. The molecule has 0 saturated heterocycles. The average Bonchev–Trinajstić information content (AvgIpc) is 2.37. The van der Waals surface area contributed by atoms with Crippen molar-refractivity contribution >= 4 is 43.2 Å². The van der Waals surface area contributed by atoms with Crippen molar-refractivity contribution < 1.29 is 0 Å². The lowest BCUT2D eigenvalue weighted by Gasteiger charge is -2.05. The molecule has 1 aromatic rings. The van der Waals surface area contributed by atoms with Gasteiger partial charge in [0.2, 0.25) is 0 Å². The molecule has 0 aromatic carbocycles. The van der Waals surface area contributed by atoms with Crippen LogP contribution < -0.4 is 0 Å². The summed E-state index contributed by atoms with van der Waals surface area (Å²) in [5.41, 5.74) is 1.43. The van der Waals surface area contributed by atoms with E-state index in [4.69, 9.17) is 0 Å². The van der Waals surface area contributed by atoms with Crippen LogP contribution in [0.25, 0.3) is 0 Å². The van der Waals surface area contributed by atoms with E-state index in [1.165, 1.54) is 9.35 Å². The topological polar surface area (TPSA) is 0 Å². The van der Waals surface area contributed by atoms with E-state index in [1.54, 1.807) is 11.3 Å². The van der Waals surface area contributed by atoms with Crippen molar-refractivity contribution in [2.24, 2.45) is 5.92 Å². The molecule has 1 aromatic heterocycles. The molecule has 0 radical (unpaired) electrons. The van der Waals surface area contributed by atoms with Gasteiger partial charge < -0.3 is 0 Å². The fraction of sp³-hybridized carbons (Fsp3) is 0.500. The van der Waals surface area contributed by atoms with Crippen LogP contribution in [0.2, 0.25) is 0 Å². The Morgan fingerprint density at radius 3 is 2.82 bits per heavy atom. The van der Waals surface area contributed by atoms with Crippen LogP contribution in [0.3, 0.4) is 0 Å². The van der Waals surface area contributed by atoms with Gasteiger partial charge in [0.1, 0.15) is 0 Å². The van der Waals surface area contributed by atoms with Crippen molar-refractivity contribution in [3.8, 4) is 0 Å². The van der Waals surface area contributed by atoms with Gasteiger partial charge in [0.25, 0.3) is 0 Å². The first-order chi connectivity index (χ1) is 5.24. The van der Waals surface area contributed by atoms with E-state index in [0.717, 1.165) is 17.7 Å². The molecule has 1 atom stereocenters. The molecule has 0 fully saturated rings. The molecule has 0 aliphatic heterocycles. The van der Waals surface area contributed by atoms with Crippen LogP contribution >= 0.6 is 43.2 Å². The number of alkyl halides is 1. The highest BCUT2D eigenvalue weighted by Crippen LogP contribution is 2.25. The van der Waals surface area contributed by atoms with Crippen molar-refractivity contribution in [2.45, 2.75) is 13.3 Å². The minimum Gasteiger partial charge on any atom is -0.137 e. The SMILES string of the molecule is CC(CBr)Cc1ccsc1Br. The molecule has 1 rings (SSSR count). The molecule has 0 N–H and O–H groups in total. The molecule has 0 spiro atoms. The molecule has 0 bridgehead atoms. The van der Waals surface area contributed by atoms with E-state index in [2.05, 4.69) is 50.2 Å². The predicted molar refractivity (Wildman–Crippen MR) is 58.7 cm³/mol. The van der Waals surface area contributed by atoms with Crippen LogP contribution in [0.1, 0.15) is 12.5 Å². The Morgan fingerprint density at radius 2 is 2.36 bits per heavy atom. The largest absolute Gasteiger partial charge is 0.137 e. The van der Waals surface area contributed by atoms with Gasteiger partial charge in [0, 0.05) is 5.33 Å². The first kappa shape index (κ1) is 9.75. The Morgan fingerprint density at radius 1 is 1.64 bits per heavy atom. The van der Waals surface area contributed by atoms with Crippen LogP contribution in [0, 0.1) is 5.92 Å². The molecule has 1 unspecified atom stereocenters. The van der Waals surface area contributed by atoms with E-state index < -0.39 is 0 Å². The lowest BCUT2D eigenvalue weighted by atomic mass is 10.1. The minimum atomic E-state index is 0.723. The Bertz CT molecular complexity index is 220. The zero-order chi connectivity index (χ0) is 8.27. The summed E-state index contributed by atoms with van der Waals surface area (Å²) >= 11 is 8.76. The van der Waals surface area contributed by atoms with E-state index >= 15 is 0 Å². The normalized spacial score (nSPS) is 13.4. The third kappa shape index (κ3) is 2.88. The summed E-state index contributed by atoms with van der Waals surface area (Å²) in [5.74, 6) is 0.723. The number of thiophene rings is 1. The maximum atomic E-state index is 3.53. The second-order valence-electron chi connectivity index (χ2n) is 2.68. The Kier molecular flexibility index (Phi) is 4.10. The molecular formula is C8H10Br2S. The first-order valence-corrected chi connectivity index (χ1v) is 6.31. The monoisotopic (exact) mass is 296 g/mol. The second-order valence-corrected chi connectivity index (χ2v) is 5.56. The highest BCUT2D eigenvalue weighted by atomic mass is 79.9. The Balaban J connectivity index is 2.56. The van der Waals surface area contributed by atoms with Crippen molar-refractivity contribution in [3.63, 3.8) is 0 Å². The second kappa shape index (κ2) is 4.63. The smallest absolute Gasteiger partial charge is 0.0730 e. The van der Waals surface area contributed by atoms with Crippen molar-refractivity contribution in [1.29, 1.82) is 0 Å². The summed E-state index contributed by atoms with van der Waals surface area (Å²) in [7, 11) is 0. The van der Waals surface area contributed by atoms with Gasteiger partial charge in [0.05, 0.1) is 3.79 Å². The van der Waals surface area contributed by atoms with E-state index in [-0.39, 0.29) is 0 Å². The molecule has 3 heteroatoms. The van der Waals surface area contributed by atoms with Crippen LogP contribution in [0.5, 0.6) is 0 Å². The molecule has 1 heterocycles. The maximum Gasteiger partial charge on any atom is 0.0730 e. The van der Waals surface area contributed by atoms with Gasteiger partial charge in [-0.3, -0.25) is 0 Å². The molecule has 0 saturated carbocycles. The Labute approximate surface area is 88.3 Å². The first-order valence-electron chi connectivity index (χ1n) is 3.52. The van der Waals surface area contributed by atoms with Crippen molar-refractivity contribution in [1.82, 2.24) is 0 Å². The lowest BCUT2D eigenvalue weighted by molar-refractivity contribution is 0.663. The fourth-order valence-electron chi connectivity index (χ4n) is 0.895. The molecule has 0 aliphatic carbocycles. The zero-order valence-corrected chi connectivity index (χ0v) is 10.3. The molecular weight excluding hydrogens is 288 g/mol. The summed E-state index contributed by atoms with van der Waals surface area (Å²) in [5, 5.41) is 3.20. The summed E-state index contributed by atoms with van der Waals surface area (Å²) in [6.45, 7) is 2.25. The van der Waals surface area contributed by atoms with Gasteiger partial charge in [-0.25, -0.2) is 0 Å². The average molecular weight is 298 g/mol. The number of hydrogen-bond acceptors (Lipinski definition) is 1. The van der Waals surface area contributed by atoms with E-state index in [0.29, 0.717) is 0 Å².